The molecule has 0 aromatic carbocycles. The molecule has 1 aromatic heterocycles. The van der Waals surface area contributed by atoms with Gasteiger partial charge in [0.1, 0.15) is 0 Å². The second kappa shape index (κ2) is 4.60. The Labute approximate surface area is 97.3 Å². The van der Waals surface area contributed by atoms with Crippen molar-refractivity contribution in [1.29, 1.82) is 0 Å². The van der Waals surface area contributed by atoms with Gasteiger partial charge < -0.3 is 5.32 Å². The predicted molar refractivity (Wildman–Crippen MR) is 65.7 cm³/mol. The zero-order valence-corrected chi connectivity index (χ0v) is 10.6. The molecule has 1 aliphatic rings. The minimum atomic E-state index is 0.469. The van der Waals surface area contributed by atoms with Crippen molar-refractivity contribution in [3.8, 4) is 0 Å². The normalized spacial score (nSPS) is 19.0. The van der Waals surface area contributed by atoms with Crippen molar-refractivity contribution in [2.24, 2.45) is 0 Å². The highest BCUT2D eigenvalue weighted by Crippen LogP contribution is 2.28. The Morgan fingerprint density at radius 1 is 1.43 bits per heavy atom. The van der Waals surface area contributed by atoms with E-state index in [4.69, 9.17) is 0 Å². The third-order valence-electron chi connectivity index (χ3n) is 2.51. The van der Waals surface area contributed by atoms with Gasteiger partial charge in [-0.15, -0.1) is 11.3 Å². The van der Waals surface area contributed by atoms with Crippen molar-refractivity contribution in [2.45, 2.75) is 31.8 Å². The van der Waals surface area contributed by atoms with Crippen LogP contribution in [0.15, 0.2) is 28.1 Å². The summed E-state index contributed by atoms with van der Waals surface area (Å²) in [6.45, 7) is 2.23. The zero-order valence-electron chi connectivity index (χ0n) is 8.16. The highest BCUT2D eigenvalue weighted by atomic mass is 79.9. The molecule has 1 atom stereocenters. The van der Waals surface area contributed by atoms with Crippen molar-refractivity contribution >= 4 is 27.3 Å². The molecule has 1 N–H and O–H groups in total. The molecule has 3 heteroatoms. The molecule has 0 bridgehead atoms. The van der Waals surface area contributed by atoms with Gasteiger partial charge in [-0.3, -0.25) is 0 Å². The van der Waals surface area contributed by atoms with Crippen LogP contribution >= 0.6 is 27.3 Å². The van der Waals surface area contributed by atoms with Crippen molar-refractivity contribution in [3.05, 3.63) is 32.9 Å². The van der Waals surface area contributed by atoms with Crippen LogP contribution in [-0.4, -0.2) is 6.04 Å². The largest absolute Gasteiger partial charge is 0.306 e. The van der Waals surface area contributed by atoms with Gasteiger partial charge in [-0.2, -0.15) is 0 Å². The second-order valence-corrected chi connectivity index (χ2v) is 6.16. The molecule has 1 aliphatic carbocycles. The Morgan fingerprint density at radius 2 is 2.14 bits per heavy atom. The van der Waals surface area contributed by atoms with Crippen molar-refractivity contribution in [2.75, 3.05) is 0 Å². The van der Waals surface area contributed by atoms with Gasteiger partial charge in [0.05, 0.1) is 3.79 Å². The maximum atomic E-state index is 3.64. The Balaban J connectivity index is 1.92. The van der Waals surface area contributed by atoms with Crippen LogP contribution in [0.1, 0.15) is 30.7 Å². The number of hydrogen-bond donors (Lipinski definition) is 1. The lowest BCUT2D eigenvalue weighted by Crippen LogP contribution is -2.28. The molecule has 1 nitrogen and oxygen atoms in total. The number of rotatable bonds is 3. The molecule has 2 rings (SSSR count). The van der Waals surface area contributed by atoms with Crippen molar-refractivity contribution in [1.82, 2.24) is 5.32 Å². The SMILES string of the molecule is CC(NC1CC=CC1)c1ccc(Br)s1. The van der Waals surface area contributed by atoms with E-state index in [1.54, 1.807) is 0 Å². The van der Waals surface area contributed by atoms with E-state index < -0.39 is 0 Å². The van der Waals surface area contributed by atoms with Gasteiger partial charge in [0.25, 0.3) is 0 Å². The van der Waals surface area contributed by atoms with Crippen LogP contribution in [0.5, 0.6) is 0 Å². The monoisotopic (exact) mass is 271 g/mol. The van der Waals surface area contributed by atoms with E-state index in [1.807, 2.05) is 11.3 Å². The maximum Gasteiger partial charge on any atom is 0.0701 e. The fraction of sp³-hybridized carbons (Fsp3) is 0.455. The van der Waals surface area contributed by atoms with E-state index in [1.165, 1.54) is 21.5 Å². The van der Waals surface area contributed by atoms with Gasteiger partial charge in [0.15, 0.2) is 0 Å². The Morgan fingerprint density at radius 3 is 2.71 bits per heavy atom. The molecule has 14 heavy (non-hydrogen) atoms. The summed E-state index contributed by atoms with van der Waals surface area (Å²) in [6, 6.07) is 5.42. The molecule has 0 amide bonds. The van der Waals surface area contributed by atoms with Gasteiger partial charge in [-0.1, -0.05) is 12.2 Å². The second-order valence-electron chi connectivity index (χ2n) is 3.67. The first-order valence-electron chi connectivity index (χ1n) is 4.92. The number of thiophene rings is 1. The van der Waals surface area contributed by atoms with E-state index in [2.05, 4.69) is 52.5 Å². The molecule has 0 spiro atoms. The molecule has 1 aromatic rings. The summed E-state index contributed by atoms with van der Waals surface area (Å²) in [6.07, 6.45) is 6.87. The molecule has 1 heterocycles. The molecule has 1 unspecified atom stereocenters. The Bertz CT molecular complexity index is 324. The maximum absolute atomic E-state index is 3.64. The first kappa shape index (κ1) is 10.4. The lowest BCUT2D eigenvalue weighted by molar-refractivity contribution is 0.476. The molecule has 76 valence electrons. The quantitative estimate of drug-likeness (QED) is 0.823. The topological polar surface area (TPSA) is 12.0 Å². The first-order chi connectivity index (χ1) is 6.75. The molecule has 0 saturated carbocycles. The third-order valence-corrected chi connectivity index (χ3v) is 4.32. The van der Waals surface area contributed by atoms with Gasteiger partial charge in [-0.25, -0.2) is 0 Å². The van der Waals surface area contributed by atoms with Gasteiger partial charge in [0, 0.05) is 17.0 Å². The number of nitrogens with one attached hydrogen (secondary N) is 1. The van der Waals surface area contributed by atoms with E-state index in [9.17, 15) is 0 Å². The zero-order chi connectivity index (χ0) is 9.97. The third kappa shape index (κ3) is 2.47. The average Bonchev–Trinajstić information content (AvgIpc) is 2.75. The number of halogens is 1. The van der Waals surface area contributed by atoms with Crippen LogP contribution in [0, 0.1) is 0 Å². The highest BCUT2D eigenvalue weighted by molar-refractivity contribution is 9.11. The fourth-order valence-corrected chi connectivity index (χ4v) is 3.19. The smallest absolute Gasteiger partial charge is 0.0701 e. The lowest BCUT2D eigenvalue weighted by atomic mass is 10.2. The van der Waals surface area contributed by atoms with Crippen molar-refractivity contribution in [3.63, 3.8) is 0 Å². The highest BCUT2D eigenvalue weighted by Gasteiger charge is 2.15. The predicted octanol–water partition coefficient (Wildman–Crippen LogP) is 3.88. The van der Waals surface area contributed by atoms with E-state index >= 15 is 0 Å². The molecular weight excluding hydrogens is 258 g/mol. The van der Waals surface area contributed by atoms with Crippen LogP contribution in [-0.2, 0) is 0 Å². The van der Waals surface area contributed by atoms with Crippen LogP contribution < -0.4 is 5.32 Å². The molecule has 0 aliphatic heterocycles. The van der Waals surface area contributed by atoms with E-state index in [-0.39, 0.29) is 0 Å². The van der Waals surface area contributed by atoms with Crippen LogP contribution in [0.4, 0.5) is 0 Å². The molecular formula is C11H14BrNS. The molecule has 0 radical (unpaired) electrons. The minimum Gasteiger partial charge on any atom is -0.306 e. The summed E-state index contributed by atoms with van der Waals surface area (Å²) in [5.41, 5.74) is 0. The number of hydrogen-bond acceptors (Lipinski definition) is 2. The Hall–Kier alpha value is -0.120. The fourth-order valence-electron chi connectivity index (χ4n) is 1.75. The van der Waals surface area contributed by atoms with Gasteiger partial charge >= 0.3 is 0 Å². The van der Waals surface area contributed by atoms with Crippen molar-refractivity contribution < 1.29 is 0 Å². The molecule has 0 saturated heterocycles. The van der Waals surface area contributed by atoms with Crippen LogP contribution in [0.3, 0.4) is 0 Å². The summed E-state index contributed by atoms with van der Waals surface area (Å²) in [7, 11) is 0. The van der Waals surface area contributed by atoms with Gasteiger partial charge in [-0.05, 0) is 47.8 Å². The first-order valence-corrected chi connectivity index (χ1v) is 6.53. The van der Waals surface area contributed by atoms with Crippen LogP contribution in [0.25, 0.3) is 0 Å². The van der Waals surface area contributed by atoms with Gasteiger partial charge in [0.2, 0.25) is 0 Å². The summed E-state index contributed by atoms with van der Waals surface area (Å²) >= 11 is 5.30. The Kier molecular flexibility index (Phi) is 3.42. The average molecular weight is 272 g/mol. The van der Waals surface area contributed by atoms with E-state index in [0.29, 0.717) is 12.1 Å². The lowest BCUT2D eigenvalue weighted by Gasteiger charge is -2.17. The van der Waals surface area contributed by atoms with E-state index in [0.717, 1.165) is 0 Å². The minimum absolute atomic E-state index is 0.469. The summed E-state index contributed by atoms with van der Waals surface area (Å²) < 4.78 is 1.21. The summed E-state index contributed by atoms with van der Waals surface area (Å²) in [5.74, 6) is 0. The summed E-state index contributed by atoms with van der Waals surface area (Å²) in [4.78, 5) is 1.41. The summed E-state index contributed by atoms with van der Waals surface area (Å²) in [5, 5.41) is 3.64. The molecule has 0 fully saturated rings. The van der Waals surface area contributed by atoms with Crippen LogP contribution in [0.2, 0.25) is 0 Å². The standard InChI is InChI=1S/C11H14BrNS/c1-8(10-6-7-11(12)14-10)13-9-4-2-3-5-9/h2-3,6-9,13H,4-5H2,1H3.